The van der Waals surface area contributed by atoms with Crippen LogP contribution in [-0.4, -0.2) is 52.8 Å². The topological polar surface area (TPSA) is 101 Å². The second-order valence-corrected chi connectivity index (χ2v) is 9.02. The number of carbonyl (C=O) groups is 2. The molecule has 0 bridgehead atoms. The van der Waals surface area contributed by atoms with E-state index < -0.39 is 0 Å². The van der Waals surface area contributed by atoms with Gasteiger partial charge in [-0.05, 0) is 54.1 Å². The van der Waals surface area contributed by atoms with Gasteiger partial charge in [-0.15, -0.1) is 0 Å². The molecular weight excluding hydrogens is 485 g/mol. The Kier molecular flexibility index (Phi) is 7.02. The second kappa shape index (κ2) is 10.1. The molecule has 0 N–H and O–H groups in total. The van der Waals surface area contributed by atoms with Crippen LogP contribution >= 0.6 is 23.2 Å². The number of aromatic nitrogens is 1. The lowest BCUT2D eigenvalue weighted by atomic mass is 9.93. The summed E-state index contributed by atoms with van der Waals surface area (Å²) in [6.07, 6.45) is 1.38. The lowest BCUT2D eigenvalue weighted by Gasteiger charge is -2.29. The molecular formula is C26H19Cl2N5O2. The molecule has 0 radical (unpaired) electrons. The van der Waals surface area contributed by atoms with Crippen molar-refractivity contribution in [2.45, 2.75) is 12.0 Å². The maximum atomic E-state index is 13.3. The van der Waals surface area contributed by atoms with E-state index in [1.165, 1.54) is 12.3 Å². The summed E-state index contributed by atoms with van der Waals surface area (Å²) >= 11 is 12.4. The van der Waals surface area contributed by atoms with Crippen LogP contribution in [-0.2, 0) is 0 Å². The number of hydrogen-bond acceptors (Lipinski definition) is 5. The summed E-state index contributed by atoms with van der Waals surface area (Å²) in [5, 5.41) is 18.8. The van der Waals surface area contributed by atoms with Gasteiger partial charge in [0.05, 0.1) is 33.3 Å². The van der Waals surface area contributed by atoms with Gasteiger partial charge in [-0.1, -0.05) is 29.3 Å². The van der Waals surface area contributed by atoms with Gasteiger partial charge in [0, 0.05) is 37.8 Å². The van der Waals surface area contributed by atoms with Crippen LogP contribution in [0.2, 0.25) is 10.0 Å². The molecule has 9 heteroatoms. The molecule has 1 aliphatic rings. The zero-order valence-corrected chi connectivity index (χ0v) is 20.2. The van der Waals surface area contributed by atoms with Gasteiger partial charge in [0.1, 0.15) is 11.8 Å². The predicted octanol–water partition coefficient (Wildman–Crippen LogP) is 4.51. The van der Waals surface area contributed by atoms with E-state index in [9.17, 15) is 9.59 Å². The van der Waals surface area contributed by atoms with E-state index in [1.54, 1.807) is 59.3 Å². The van der Waals surface area contributed by atoms with Gasteiger partial charge >= 0.3 is 0 Å². The number of halogens is 2. The monoisotopic (exact) mass is 503 g/mol. The molecule has 4 rings (SSSR count). The Morgan fingerprint density at radius 3 is 2.29 bits per heavy atom. The fourth-order valence-corrected chi connectivity index (χ4v) is 4.53. The SMILES string of the molecule is CN(C(=O)c1ccc(C#N)nc1)[C@@H]1CN(C(=O)c2ccc(C#N)cc2)CC1c1ccc(Cl)c(Cl)c1. The molecule has 7 nitrogen and oxygen atoms in total. The molecule has 1 aromatic heterocycles. The third kappa shape index (κ3) is 4.97. The van der Waals surface area contributed by atoms with Gasteiger partial charge in [0.15, 0.2) is 0 Å². The van der Waals surface area contributed by atoms with Crippen LogP contribution in [0.3, 0.4) is 0 Å². The van der Waals surface area contributed by atoms with Crippen LogP contribution in [0, 0.1) is 22.7 Å². The van der Waals surface area contributed by atoms with Crippen molar-refractivity contribution >= 4 is 35.0 Å². The smallest absolute Gasteiger partial charge is 0.255 e. The highest BCUT2D eigenvalue weighted by atomic mass is 35.5. The summed E-state index contributed by atoms with van der Waals surface area (Å²) in [5.41, 5.74) is 2.35. The Hall–Kier alpha value is -3.91. The van der Waals surface area contributed by atoms with E-state index in [0.717, 1.165) is 5.56 Å². The van der Waals surface area contributed by atoms with E-state index >= 15 is 0 Å². The van der Waals surface area contributed by atoms with Gasteiger partial charge in [0.2, 0.25) is 0 Å². The zero-order valence-electron chi connectivity index (χ0n) is 18.7. The third-order valence-corrected chi connectivity index (χ3v) is 6.89. The van der Waals surface area contributed by atoms with Gasteiger partial charge in [-0.3, -0.25) is 9.59 Å². The van der Waals surface area contributed by atoms with Crippen molar-refractivity contribution in [3.8, 4) is 12.1 Å². The van der Waals surface area contributed by atoms with Crippen molar-refractivity contribution in [2.75, 3.05) is 20.1 Å². The minimum absolute atomic E-state index is 0.192. The van der Waals surface area contributed by atoms with Gasteiger partial charge < -0.3 is 9.80 Å². The number of hydrogen-bond donors (Lipinski definition) is 0. The van der Waals surface area contributed by atoms with Crippen molar-refractivity contribution in [1.29, 1.82) is 10.5 Å². The van der Waals surface area contributed by atoms with Crippen LogP contribution in [0.5, 0.6) is 0 Å². The number of amides is 2. The molecule has 2 heterocycles. The number of rotatable bonds is 4. The first-order valence-corrected chi connectivity index (χ1v) is 11.5. The maximum absolute atomic E-state index is 13.3. The van der Waals surface area contributed by atoms with Gasteiger partial charge in [0.25, 0.3) is 11.8 Å². The van der Waals surface area contributed by atoms with E-state index in [0.29, 0.717) is 39.8 Å². The van der Waals surface area contributed by atoms with Gasteiger partial charge in [-0.2, -0.15) is 10.5 Å². The average Bonchev–Trinajstić information content (AvgIpc) is 3.34. The molecule has 1 unspecified atom stereocenters. The fourth-order valence-electron chi connectivity index (χ4n) is 4.23. The summed E-state index contributed by atoms with van der Waals surface area (Å²) in [5.74, 6) is -0.681. The number of carbonyl (C=O) groups excluding carboxylic acids is 2. The molecule has 174 valence electrons. The first-order chi connectivity index (χ1) is 16.8. The minimum Gasteiger partial charge on any atom is -0.336 e. The Morgan fingerprint density at radius 2 is 1.69 bits per heavy atom. The largest absolute Gasteiger partial charge is 0.336 e. The number of nitrogens with zero attached hydrogens (tertiary/aromatic N) is 5. The van der Waals surface area contributed by atoms with Crippen molar-refractivity contribution in [2.24, 2.45) is 0 Å². The van der Waals surface area contributed by atoms with Crippen molar-refractivity contribution in [3.05, 3.63) is 98.8 Å². The Labute approximate surface area is 212 Å². The van der Waals surface area contributed by atoms with Gasteiger partial charge in [-0.25, -0.2) is 4.98 Å². The van der Waals surface area contributed by atoms with Crippen LogP contribution in [0.4, 0.5) is 0 Å². The van der Waals surface area contributed by atoms with E-state index in [1.807, 2.05) is 18.2 Å². The number of benzene rings is 2. The number of likely N-dealkylation sites (tertiary alicyclic amines) is 1. The second-order valence-electron chi connectivity index (χ2n) is 8.21. The number of pyridine rings is 1. The third-order valence-electron chi connectivity index (χ3n) is 6.15. The molecule has 3 aromatic rings. The molecule has 2 amide bonds. The van der Waals surface area contributed by atoms with Crippen molar-refractivity contribution < 1.29 is 9.59 Å². The molecule has 2 aromatic carbocycles. The molecule has 1 saturated heterocycles. The summed E-state index contributed by atoms with van der Waals surface area (Å²) in [6.45, 7) is 0.667. The summed E-state index contributed by atoms with van der Waals surface area (Å²) in [6, 6.07) is 18.5. The van der Waals surface area contributed by atoms with Crippen LogP contribution in [0.25, 0.3) is 0 Å². The molecule has 1 fully saturated rings. The quantitative estimate of drug-likeness (QED) is 0.521. The highest BCUT2D eigenvalue weighted by molar-refractivity contribution is 6.42. The fraction of sp³-hybridized carbons (Fsp3) is 0.192. The molecule has 1 aliphatic heterocycles. The normalized spacial score (nSPS) is 16.9. The number of likely N-dealkylation sites (N-methyl/N-ethyl adjacent to an activating group) is 1. The molecule has 0 spiro atoms. The van der Waals surface area contributed by atoms with Crippen molar-refractivity contribution in [3.63, 3.8) is 0 Å². The molecule has 0 saturated carbocycles. The van der Waals surface area contributed by atoms with Crippen LogP contribution < -0.4 is 0 Å². The lowest BCUT2D eigenvalue weighted by Crippen LogP contribution is -2.42. The van der Waals surface area contributed by atoms with E-state index in [2.05, 4.69) is 4.98 Å². The molecule has 0 aliphatic carbocycles. The van der Waals surface area contributed by atoms with Crippen LogP contribution in [0.1, 0.15) is 43.5 Å². The zero-order chi connectivity index (χ0) is 25.1. The minimum atomic E-state index is -0.349. The Morgan fingerprint density at radius 1 is 0.971 bits per heavy atom. The highest BCUT2D eigenvalue weighted by Crippen LogP contribution is 2.35. The molecule has 2 atom stereocenters. The average molecular weight is 504 g/mol. The lowest BCUT2D eigenvalue weighted by molar-refractivity contribution is 0.0695. The molecule has 35 heavy (non-hydrogen) atoms. The van der Waals surface area contributed by atoms with Crippen molar-refractivity contribution in [1.82, 2.24) is 14.8 Å². The summed E-state index contributed by atoms with van der Waals surface area (Å²) in [4.78, 5) is 33.8. The van der Waals surface area contributed by atoms with E-state index in [4.69, 9.17) is 33.7 Å². The van der Waals surface area contributed by atoms with E-state index in [-0.39, 0.29) is 29.5 Å². The Bertz CT molecular complexity index is 1360. The predicted molar refractivity (Wildman–Crippen MR) is 131 cm³/mol. The first-order valence-electron chi connectivity index (χ1n) is 10.7. The number of nitriles is 2. The summed E-state index contributed by atoms with van der Waals surface area (Å²) in [7, 11) is 1.69. The highest BCUT2D eigenvalue weighted by Gasteiger charge is 2.40. The standard InChI is InChI=1S/C26H19Cl2N5O2/c1-32(25(34)19-6-8-20(12-30)31-13-19)24-15-33(26(35)17-4-2-16(11-29)3-5-17)14-21(24)18-7-9-22(27)23(28)10-18/h2-10,13,21,24H,14-15H2,1H3/t21?,24-/m1/s1. The maximum Gasteiger partial charge on any atom is 0.255 e. The summed E-state index contributed by atoms with van der Waals surface area (Å²) < 4.78 is 0. The van der Waals surface area contributed by atoms with Crippen LogP contribution in [0.15, 0.2) is 60.8 Å². The Balaban J connectivity index is 1.65. The first kappa shape index (κ1) is 24.2.